The first-order chi connectivity index (χ1) is 7.38. The third-order valence-corrected chi connectivity index (χ3v) is 3.05. The van der Waals surface area contributed by atoms with Gasteiger partial charge in [-0.15, -0.1) is 0 Å². The van der Waals surface area contributed by atoms with Crippen molar-refractivity contribution in [3.8, 4) is 0 Å². The van der Waals surface area contributed by atoms with Gasteiger partial charge >= 0.3 is 0 Å². The van der Waals surface area contributed by atoms with E-state index in [1.54, 1.807) is 0 Å². The second-order valence-corrected chi connectivity index (χ2v) is 3.95. The minimum atomic E-state index is 0.446. The number of aromatic amines is 1. The average Bonchev–Trinajstić information content (AvgIpc) is 2.68. The minimum Gasteiger partial charge on any atom is -0.344 e. The van der Waals surface area contributed by atoms with Crippen LogP contribution in [0.4, 0.5) is 0 Å². The van der Waals surface area contributed by atoms with Gasteiger partial charge in [-0.05, 0) is 17.5 Å². The lowest BCUT2D eigenvalue weighted by molar-refractivity contribution is 0.667. The molecule has 1 aliphatic rings. The molecule has 0 aliphatic heterocycles. The highest BCUT2D eigenvalue weighted by Gasteiger charge is 2.28. The van der Waals surface area contributed by atoms with Gasteiger partial charge in [-0.2, -0.15) is 0 Å². The maximum atomic E-state index is 5.55. The van der Waals surface area contributed by atoms with Crippen molar-refractivity contribution in [3.63, 3.8) is 0 Å². The summed E-state index contributed by atoms with van der Waals surface area (Å²) in [6.07, 6.45) is 2.92. The minimum absolute atomic E-state index is 0.446. The molecule has 1 aromatic heterocycles. The van der Waals surface area contributed by atoms with Crippen molar-refractivity contribution in [3.05, 3.63) is 53.1 Å². The summed E-state index contributed by atoms with van der Waals surface area (Å²) in [6, 6.07) is 8.52. The van der Waals surface area contributed by atoms with Gasteiger partial charge in [0, 0.05) is 24.4 Å². The number of imidazole rings is 1. The summed E-state index contributed by atoms with van der Waals surface area (Å²) in [5.41, 5.74) is 9.39. The molecule has 15 heavy (non-hydrogen) atoms. The Bertz CT molecular complexity index is 487. The largest absolute Gasteiger partial charge is 0.344 e. The smallest absolute Gasteiger partial charge is 0.114 e. The molecule has 3 N–H and O–H groups in total. The lowest BCUT2D eigenvalue weighted by Crippen LogP contribution is -2.19. The Morgan fingerprint density at radius 1 is 1.40 bits per heavy atom. The molecule has 0 radical (unpaired) electrons. The molecule has 76 valence electrons. The number of nitrogens with two attached hydrogens (primary N) is 1. The van der Waals surface area contributed by atoms with Gasteiger partial charge in [0.2, 0.25) is 0 Å². The fraction of sp³-hybridized carbons (Fsp3) is 0.250. The second-order valence-electron chi connectivity index (χ2n) is 3.95. The van der Waals surface area contributed by atoms with Crippen LogP contribution >= 0.6 is 0 Å². The molecule has 3 nitrogen and oxygen atoms in total. The van der Waals surface area contributed by atoms with Crippen molar-refractivity contribution in [2.75, 3.05) is 0 Å². The molecule has 1 heterocycles. The fourth-order valence-corrected chi connectivity index (χ4v) is 2.16. The van der Waals surface area contributed by atoms with Crippen molar-refractivity contribution >= 4 is 0 Å². The SMILES string of the molecule is NCc1cnc(C2Cc3ccccc32)[nH]1. The number of hydrogen-bond donors (Lipinski definition) is 2. The van der Waals surface area contributed by atoms with Gasteiger partial charge < -0.3 is 10.7 Å². The van der Waals surface area contributed by atoms with E-state index in [1.807, 2.05) is 6.20 Å². The summed E-state index contributed by atoms with van der Waals surface area (Å²) in [5.74, 6) is 1.50. The Hall–Kier alpha value is -1.61. The standard InChI is InChI=1S/C12H13N3/c13-6-9-7-14-12(15-9)11-5-8-3-1-2-4-10(8)11/h1-4,7,11H,5-6,13H2,(H,14,15). The molecule has 3 heteroatoms. The van der Waals surface area contributed by atoms with Crippen LogP contribution in [0.2, 0.25) is 0 Å². The maximum absolute atomic E-state index is 5.55. The summed E-state index contributed by atoms with van der Waals surface area (Å²) in [7, 11) is 0. The molecule has 0 fully saturated rings. The van der Waals surface area contributed by atoms with Crippen LogP contribution < -0.4 is 5.73 Å². The Morgan fingerprint density at radius 2 is 2.27 bits per heavy atom. The molecule has 1 aliphatic carbocycles. The molecular weight excluding hydrogens is 186 g/mol. The number of nitrogens with zero attached hydrogens (tertiary/aromatic N) is 1. The van der Waals surface area contributed by atoms with Gasteiger partial charge in [0.05, 0.1) is 0 Å². The van der Waals surface area contributed by atoms with Gasteiger partial charge in [-0.1, -0.05) is 24.3 Å². The van der Waals surface area contributed by atoms with E-state index in [1.165, 1.54) is 11.1 Å². The van der Waals surface area contributed by atoms with Gasteiger partial charge in [0.15, 0.2) is 0 Å². The summed E-state index contributed by atoms with van der Waals surface area (Å²) >= 11 is 0. The Labute approximate surface area is 88.3 Å². The molecule has 1 atom stereocenters. The number of rotatable bonds is 2. The topological polar surface area (TPSA) is 54.7 Å². The van der Waals surface area contributed by atoms with Gasteiger partial charge in [0.1, 0.15) is 5.82 Å². The van der Waals surface area contributed by atoms with Gasteiger partial charge in [-0.25, -0.2) is 4.98 Å². The third kappa shape index (κ3) is 1.27. The van der Waals surface area contributed by atoms with Crippen molar-refractivity contribution in [1.82, 2.24) is 9.97 Å². The van der Waals surface area contributed by atoms with Gasteiger partial charge in [-0.3, -0.25) is 0 Å². The van der Waals surface area contributed by atoms with Crippen LogP contribution in [0.1, 0.15) is 28.6 Å². The Kier molecular flexibility index (Phi) is 1.86. The maximum Gasteiger partial charge on any atom is 0.114 e. The predicted octanol–water partition coefficient (Wildman–Crippen LogP) is 1.56. The van der Waals surface area contributed by atoms with Crippen LogP contribution in [0.5, 0.6) is 0 Å². The van der Waals surface area contributed by atoms with E-state index in [0.717, 1.165) is 17.9 Å². The number of benzene rings is 1. The molecular formula is C12H13N3. The van der Waals surface area contributed by atoms with Crippen molar-refractivity contribution in [2.45, 2.75) is 18.9 Å². The number of aromatic nitrogens is 2. The summed E-state index contributed by atoms with van der Waals surface area (Å²) in [6.45, 7) is 0.529. The zero-order valence-corrected chi connectivity index (χ0v) is 8.40. The molecule has 0 spiro atoms. The number of hydrogen-bond acceptors (Lipinski definition) is 2. The lowest BCUT2D eigenvalue weighted by atomic mass is 9.77. The predicted molar refractivity (Wildman–Crippen MR) is 58.5 cm³/mol. The molecule has 0 amide bonds. The zero-order chi connectivity index (χ0) is 10.3. The average molecular weight is 199 g/mol. The third-order valence-electron chi connectivity index (χ3n) is 3.05. The number of nitrogens with one attached hydrogen (secondary N) is 1. The van der Waals surface area contributed by atoms with Crippen LogP contribution in [0, 0.1) is 0 Å². The number of fused-ring (bicyclic) bond motifs is 1. The van der Waals surface area contributed by atoms with Gasteiger partial charge in [0.25, 0.3) is 0 Å². The molecule has 0 saturated carbocycles. The first kappa shape index (κ1) is 8.68. The molecule has 2 aromatic rings. The van der Waals surface area contributed by atoms with E-state index in [9.17, 15) is 0 Å². The Balaban J connectivity index is 1.93. The molecule has 0 saturated heterocycles. The summed E-state index contributed by atoms with van der Waals surface area (Å²) in [5, 5.41) is 0. The van der Waals surface area contributed by atoms with Crippen molar-refractivity contribution in [2.24, 2.45) is 5.73 Å². The lowest BCUT2D eigenvalue weighted by Gasteiger charge is -2.28. The molecule has 1 aromatic carbocycles. The van der Waals surface area contributed by atoms with Crippen LogP contribution in [0.25, 0.3) is 0 Å². The van der Waals surface area contributed by atoms with E-state index in [-0.39, 0.29) is 0 Å². The highest BCUT2D eigenvalue weighted by atomic mass is 14.9. The Morgan fingerprint density at radius 3 is 3.00 bits per heavy atom. The zero-order valence-electron chi connectivity index (χ0n) is 8.40. The fourth-order valence-electron chi connectivity index (χ4n) is 2.16. The van der Waals surface area contributed by atoms with Crippen molar-refractivity contribution in [1.29, 1.82) is 0 Å². The van der Waals surface area contributed by atoms with Crippen molar-refractivity contribution < 1.29 is 0 Å². The highest BCUT2D eigenvalue weighted by molar-refractivity contribution is 5.44. The highest BCUT2D eigenvalue weighted by Crippen LogP contribution is 2.38. The summed E-state index contributed by atoms with van der Waals surface area (Å²) < 4.78 is 0. The van der Waals surface area contributed by atoms with Crippen LogP contribution in [0.15, 0.2) is 30.5 Å². The van der Waals surface area contributed by atoms with E-state index in [2.05, 4.69) is 34.2 Å². The first-order valence-electron chi connectivity index (χ1n) is 5.20. The summed E-state index contributed by atoms with van der Waals surface area (Å²) in [4.78, 5) is 7.64. The van der Waals surface area contributed by atoms with Crippen LogP contribution in [-0.2, 0) is 13.0 Å². The van der Waals surface area contributed by atoms with Crippen LogP contribution in [0.3, 0.4) is 0 Å². The quantitative estimate of drug-likeness (QED) is 0.771. The van der Waals surface area contributed by atoms with E-state index in [4.69, 9.17) is 5.73 Å². The second kappa shape index (κ2) is 3.21. The molecule has 0 bridgehead atoms. The first-order valence-corrected chi connectivity index (χ1v) is 5.20. The number of H-pyrrole nitrogens is 1. The van der Waals surface area contributed by atoms with E-state index < -0.39 is 0 Å². The van der Waals surface area contributed by atoms with E-state index in [0.29, 0.717) is 12.5 Å². The van der Waals surface area contributed by atoms with E-state index >= 15 is 0 Å². The molecule has 3 rings (SSSR count). The molecule has 1 unspecified atom stereocenters. The van der Waals surface area contributed by atoms with Crippen LogP contribution in [-0.4, -0.2) is 9.97 Å². The normalized spacial score (nSPS) is 18.3. The monoisotopic (exact) mass is 199 g/mol.